The van der Waals surface area contributed by atoms with E-state index in [0.717, 1.165) is 28.6 Å². The van der Waals surface area contributed by atoms with E-state index in [-0.39, 0.29) is 12.2 Å². The Balaban J connectivity index is 1.61. The van der Waals surface area contributed by atoms with Crippen LogP contribution in [0.3, 0.4) is 0 Å². The fourth-order valence-electron chi connectivity index (χ4n) is 2.81. The number of anilines is 1. The Labute approximate surface area is 165 Å². The number of carbonyl (C=O) groups is 1. The number of halogens is 3. The average molecular weight is 398 g/mol. The van der Waals surface area contributed by atoms with E-state index >= 15 is 0 Å². The molecule has 0 spiro atoms. The van der Waals surface area contributed by atoms with Crippen LogP contribution in [-0.2, 0) is 17.5 Å². The van der Waals surface area contributed by atoms with E-state index in [4.69, 9.17) is 6.42 Å². The largest absolute Gasteiger partial charge is 0.416 e. The van der Waals surface area contributed by atoms with Crippen LogP contribution in [-0.4, -0.2) is 23.2 Å². The zero-order chi connectivity index (χ0) is 20.9. The van der Waals surface area contributed by atoms with Crippen LogP contribution in [0.25, 0.3) is 10.9 Å². The quantitative estimate of drug-likeness (QED) is 0.376. The van der Waals surface area contributed by atoms with Crippen molar-refractivity contribution in [3.05, 3.63) is 65.9 Å². The topological polar surface area (TPSA) is 58.4 Å². The molecular weight excluding hydrogens is 381 g/mol. The number of terminal acetylenes is 1. The van der Waals surface area contributed by atoms with Crippen molar-refractivity contribution in [2.75, 3.05) is 11.9 Å². The molecule has 0 bridgehead atoms. The van der Waals surface area contributed by atoms with Crippen molar-refractivity contribution in [2.24, 2.45) is 5.10 Å². The Hall–Kier alpha value is -3.73. The third-order valence-electron chi connectivity index (χ3n) is 4.12. The molecule has 2 N–H and O–H groups in total. The SMILES string of the molecule is C#CCn1cc(/C=N\NC(=O)CNc2cccc(C(F)(F)F)c2)c2ccccc21. The van der Waals surface area contributed by atoms with E-state index in [0.29, 0.717) is 6.54 Å². The number of fused-ring (bicyclic) bond motifs is 1. The van der Waals surface area contributed by atoms with Crippen LogP contribution in [0.2, 0.25) is 0 Å². The maximum absolute atomic E-state index is 12.7. The van der Waals surface area contributed by atoms with Crippen molar-refractivity contribution in [3.8, 4) is 12.3 Å². The van der Waals surface area contributed by atoms with Crippen molar-refractivity contribution in [1.82, 2.24) is 9.99 Å². The molecule has 0 radical (unpaired) electrons. The first-order valence-electron chi connectivity index (χ1n) is 8.63. The summed E-state index contributed by atoms with van der Waals surface area (Å²) in [7, 11) is 0. The molecule has 3 rings (SSSR count). The minimum absolute atomic E-state index is 0.191. The van der Waals surface area contributed by atoms with Crippen LogP contribution in [0.1, 0.15) is 11.1 Å². The number of hydrazone groups is 1. The first-order valence-corrected chi connectivity index (χ1v) is 8.63. The van der Waals surface area contributed by atoms with Gasteiger partial charge in [0.25, 0.3) is 5.91 Å². The van der Waals surface area contributed by atoms with E-state index in [2.05, 4.69) is 21.8 Å². The molecule has 0 unspecified atom stereocenters. The van der Waals surface area contributed by atoms with Gasteiger partial charge in [-0.3, -0.25) is 4.79 Å². The highest BCUT2D eigenvalue weighted by Gasteiger charge is 2.30. The predicted molar refractivity (Wildman–Crippen MR) is 106 cm³/mol. The number of nitrogens with zero attached hydrogens (tertiary/aromatic N) is 2. The lowest BCUT2D eigenvalue weighted by molar-refractivity contribution is -0.137. The number of nitrogens with one attached hydrogen (secondary N) is 2. The first kappa shape index (κ1) is 20.0. The Morgan fingerprint density at radius 3 is 2.76 bits per heavy atom. The molecule has 1 aromatic heterocycles. The van der Waals surface area contributed by atoms with Gasteiger partial charge in [-0.05, 0) is 24.3 Å². The van der Waals surface area contributed by atoms with Crippen LogP contribution >= 0.6 is 0 Å². The minimum atomic E-state index is -4.44. The van der Waals surface area contributed by atoms with Crippen molar-refractivity contribution >= 4 is 28.7 Å². The van der Waals surface area contributed by atoms with E-state index in [1.54, 1.807) is 0 Å². The Kier molecular flexibility index (Phi) is 5.88. The number of hydrogen-bond acceptors (Lipinski definition) is 3. The molecule has 0 atom stereocenters. The summed E-state index contributed by atoms with van der Waals surface area (Å²) in [4.78, 5) is 11.9. The van der Waals surface area contributed by atoms with Crippen molar-refractivity contribution in [1.29, 1.82) is 0 Å². The molecule has 1 heterocycles. The zero-order valence-corrected chi connectivity index (χ0v) is 15.2. The maximum atomic E-state index is 12.7. The molecule has 0 saturated heterocycles. The number of para-hydroxylation sites is 1. The highest BCUT2D eigenvalue weighted by Crippen LogP contribution is 2.30. The lowest BCUT2D eigenvalue weighted by atomic mass is 10.2. The van der Waals surface area contributed by atoms with Gasteiger partial charge in [-0.2, -0.15) is 18.3 Å². The smallest absolute Gasteiger partial charge is 0.376 e. The summed E-state index contributed by atoms with van der Waals surface area (Å²) in [5.74, 6) is 2.08. The minimum Gasteiger partial charge on any atom is -0.376 e. The molecule has 8 heteroatoms. The van der Waals surface area contributed by atoms with E-state index in [1.807, 2.05) is 35.0 Å². The molecule has 0 aliphatic heterocycles. The summed E-state index contributed by atoms with van der Waals surface area (Å²) in [6.07, 6.45) is 4.27. The van der Waals surface area contributed by atoms with Gasteiger partial charge in [-0.25, -0.2) is 5.43 Å². The van der Waals surface area contributed by atoms with E-state index in [9.17, 15) is 18.0 Å². The number of aromatic nitrogens is 1. The molecular formula is C21H17F3N4O. The van der Waals surface area contributed by atoms with Gasteiger partial charge in [0.05, 0.1) is 24.9 Å². The molecule has 1 amide bonds. The van der Waals surface area contributed by atoms with E-state index in [1.165, 1.54) is 18.3 Å². The number of rotatable bonds is 6. The molecule has 3 aromatic rings. The summed E-state index contributed by atoms with van der Waals surface area (Å²) in [5.41, 5.74) is 3.48. The van der Waals surface area contributed by atoms with Crippen molar-refractivity contribution in [2.45, 2.75) is 12.7 Å². The monoisotopic (exact) mass is 398 g/mol. The second-order valence-electron chi connectivity index (χ2n) is 6.16. The maximum Gasteiger partial charge on any atom is 0.416 e. The summed E-state index contributed by atoms with van der Waals surface area (Å²) < 4.78 is 40.0. The van der Waals surface area contributed by atoms with Gasteiger partial charge in [0.2, 0.25) is 0 Å². The van der Waals surface area contributed by atoms with Crippen LogP contribution in [0.4, 0.5) is 18.9 Å². The Bertz CT molecular complexity index is 1090. The van der Waals surface area contributed by atoms with Gasteiger partial charge in [0, 0.05) is 28.4 Å². The molecule has 0 aliphatic carbocycles. The van der Waals surface area contributed by atoms with Crippen molar-refractivity contribution in [3.63, 3.8) is 0 Å². The number of alkyl halides is 3. The Morgan fingerprint density at radius 1 is 1.21 bits per heavy atom. The summed E-state index contributed by atoms with van der Waals surface area (Å²) in [6, 6.07) is 12.3. The summed E-state index contributed by atoms with van der Waals surface area (Å²) in [5, 5.41) is 7.50. The second kappa shape index (κ2) is 8.52. The number of carbonyl (C=O) groups excluding carboxylic acids is 1. The van der Waals surface area contributed by atoms with Crippen LogP contribution in [0.5, 0.6) is 0 Å². The highest BCUT2D eigenvalue weighted by atomic mass is 19.4. The standard InChI is InChI=1S/C21H17F3N4O/c1-2-10-28-14-15(18-8-3-4-9-19(18)28)12-26-27-20(29)13-25-17-7-5-6-16(11-17)21(22,23)24/h1,3-9,11-12,14,25H,10,13H2,(H,27,29)/b26-12-. The predicted octanol–water partition coefficient (Wildman–Crippen LogP) is 3.86. The number of hydrogen-bond donors (Lipinski definition) is 2. The first-order chi connectivity index (χ1) is 13.9. The molecule has 148 valence electrons. The normalized spacial score (nSPS) is 11.5. The lowest BCUT2D eigenvalue weighted by Crippen LogP contribution is -2.26. The van der Waals surface area contributed by atoms with Crippen LogP contribution in [0, 0.1) is 12.3 Å². The number of amides is 1. The second-order valence-corrected chi connectivity index (χ2v) is 6.16. The van der Waals surface area contributed by atoms with E-state index < -0.39 is 17.6 Å². The Morgan fingerprint density at radius 2 is 2.00 bits per heavy atom. The van der Waals surface area contributed by atoms with Gasteiger partial charge >= 0.3 is 6.18 Å². The van der Waals surface area contributed by atoms with Gasteiger partial charge in [-0.15, -0.1) is 6.42 Å². The lowest BCUT2D eigenvalue weighted by Gasteiger charge is -2.09. The van der Waals surface area contributed by atoms with Gasteiger partial charge in [-0.1, -0.05) is 30.2 Å². The van der Waals surface area contributed by atoms with Gasteiger partial charge in [0.1, 0.15) is 0 Å². The zero-order valence-electron chi connectivity index (χ0n) is 15.2. The summed E-state index contributed by atoms with van der Waals surface area (Å²) in [6.45, 7) is 0.180. The average Bonchev–Trinajstić information content (AvgIpc) is 3.04. The number of benzene rings is 2. The molecule has 0 aliphatic rings. The third kappa shape index (κ3) is 4.96. The third-order valence-corrected chi connectivity index (χ3v) is 4.12. The van der Waals surface area contributed by atoms with Gasteiger partial charge in [0.15, 0.2) is 0 Å². The van der Waals surface area contributed by atoms with Crippen LogP contribution in [0.15, 0.2) is 59.8 Å². The van der Waals surface area contributed by atoms with Gasteiger partial charge < -0.3 is 9.88 Å². The molecule has 5 nitrogen and oxygen atoms in total. The summed E-state index contributed by atoms with van der Waals surface area (Å²) >= 11 is 0. The van der Waals surface area contributed by atoms with Crippen LogP contribution < -0.4 is 10.7 Å². The molecule has 0 saturated carbocycles. The fraction of sp³-hybridized carbons (Fsp3) is 0.143. The molecule has 0 fully saturated rings. The fourth-order valence-corrected chi connectivity index (χ4v) is 2.81. The highest BCUT2D eigenvalue weighted by molar-refractivity contribution is 5.99. The van der Waals surface area contributed by atoms with Crippen molar-refractivity contribution < 1.29 is 18.0 Å². The molecule has 29 heavy (non-hydrogen) atoms. The molecule has 2 aromatic carbocycles.